The second-order valence-electron chi connectivity index (χ2n) is 8.84. The predicted molar refractivity (Wildman–Crippen MR) is 108 cm³/mol. The lowest BCUT2D eigenvalue weighted by molar-refractivity contribution is -0.290. The third kappa shape index (κ3) is 6.98. The highest BCUT2D eigenvalue weighted by Gasteiger charge is 2.47. The molecule has 1 heterocycles. The quantitative estimate of drug-likeness (QED) is 0.275. The van der Waals surface area contributed by atoms with Crippen molar-refractivity contribution >= 4 is 14.3 Å². The molecule has 1 aliphatic heterocycles. The van der Waals surface area contributed by atoms with Crippen molar-refractivity contribution < 1.29 is 28.5 Å². The number of unbranched alkanes of at least 4 members (excludes halogenated alkanes) is 1. The van der Waals surface area contributed by atoms with Gasteiger partial charge < -0.3 is 23.7 Å². The maximum absolute atomic E-state index is 11.5. The summed E-state index contributed by atoms with van der Waals surface area (Å²) >= 11 is 0. The van der Waals surface area contributed by atoms with Crippen molar-refractivity contribution in [1.29, 1.82) is 0 Å². The molecular weight excluding hydrogens is 364 g/mol. The maximum Gasteiger partial charge on any atom is 0.303 e. The second-order valence-corrected chi connectivity index (χ2v) is 13.6. The highest BCUT2D eigenvalue weighted by Crippen LogP contribution is 2.37. The summed E-state index contributed by atoms with van der Waals surface area (Å²) in [6.07, 6.45) is 0.781. The van der Waals surface area contributed by atoms with Gasteiger partial charge in [0.2, 0.25) is 0 Å². The van der Waals surface area contributed by atoms with Gasteiger partial charge in [0.25, 0.3) is 0 Å². The Morgan fingerprint density at radius 3 is 2.48 bits per heavy atom. The maximum atomic E-state index is 11.5. The number of ether oxygens (including phenoxy) is 3. The van der Waals surface area contributed by atoms with Gasteiger partial charge in [-0.1, -0.05) is 33.8 Å². The Balaban J connectivity index is 2.82. The molecule has 0 aliphatic carbocycles. The molecule has 158 valence electrons. The molecule has 0 saturated carbocycles. The fraction of sp³-hybridized carbons (Fsp3) is 0.850. The molecule has 0 aromatic carbocycles. The lowest BCUT2D eigenvalue weighted by Gasteiger charge is -2.44. The van der Waals surface area contributed by atoms with E-state index in [9.17, 15) is 9.90 Å². The summed E-state index contributed by atoms with van der Waals surface area (Å²) < 4.78 is 23.5. The van der Waals surface area contributed by atoms with Crippen molar-refractivity contribution in [2.24, 2.45) is 5.92 Å². The molecule has 0 radical (unpaired) electrons. The molecule has 0 aromatic rings. The van der Waals surface area contributed by atoms with Crippen molar-refractivity contribution in [3.05, 3.63) is 12.7 Å². The number of carbonyl (C=O) groups excluding carboxylic acids is 1. The van der Waals surface area contributed by atoms with Crippen LogP contribution in [0.3, 0.4) is 0 Å². The fourth-order valence-corrected chi connectivity index (χ4v) is 3.69. The van der Waals surface area contributed by atoms with Crippen molar-refractivity contribution in [1.82, 2.24) is 0 Å². The number of aliphatic hydroxyl groups excluding tert-OH is 1. The monoisotopic (exact) mass is 402 g/mol. The van der Waals surface area contributed by atoms with Crippen molar-refractivity contribution in [3.8, 4) is 0 Å². The minimum Gasteiger partial charge on any atom is -0.457 e. The van der Waals surface area contributed by atoms with E-state index in [-0.39, 0.29) is 11.0 Å². The molecular formula is C20H38O6Si. The van der Waals surface area contributed by atoms with E-state index >= 15 is 0 Å². The zero-order chi connectivity index (χ0) is 20.8. The molecule has 27 heavy (non-hydrogen) atoms. The van der Waals surface area contributed by atoms with Gasteiger partial charge in [0.15, 0.2) is 20.7 Å². The van der Waals surface area contributed by atoms with E-state index in [0.717, 1.165) is 12.8 Å². The SMILES string of the molecule is C=CCCCO[C@@H]1OC(CO[Si](C)(C)C(C)(C)C)[C@@H](O)[C@H](C)C1OC(C)=O. The van der Waals surface area contributed by atoms with Crippen LogP contribution >= 0.6 is 0 Å². The molecule has 5 atom stereocenters. The molecule has 1 N–H and O–H groups in total. The summed E-state index contributed by atoms with van der Waals surface area (Å²) in [5.41, 5.74) is 0. The Labute approximate surface area is 165 Å². The third-order valence-electron chi connectivity index (χ3n) is 5.57. The first-order valence-electron chi connectivity index (χ1n) is 9.78. The largest absolute Gasteiger partial charge is 0.457 e. The second kappa shape index (κ2) is 10.2. The summed E-state index contributed by atoms with van der Waals surface area (Å²) in [7, 11) is -1.97. The van der Waals surface area contributed by atoms with Crippen LogP contribution in [0, 0.1) is 5.92 Å². The van der Waals surface area contributed by atoms with E-state index in [1.807, 2.05) is 13.0 Å². The Kier molecular flexibility index (Phi) is 9.15. The summed E-state index contributed by atoms with van der Waals surface area (Å²) in [6.45, 7) is 18.5. The summed E-state index contributed by atoms with van der Waals surface area (Å²) in [5, 5.41) is 10.8. The fourth-order valence-electron chi connectivity index (χ4n) is 2.67. The van der Waals surface area contributed by atoms with Crippen LogP contribution in [-0.2, 0) is 23.4 Å². The first kappa shape index (κ1) is 24.3. The van der Waals surface area contributed by atoms with Gasteiger partial charge in [-0.2, -0.15) is 0 Å². The molecule has 0 amide bonds. The van der Waals surface area contributed by atoms with Crippen LogP contribution in [0.4, 0.5) is 0 Å². The molecule has 0 spiro atoms. The van der Waals surface area contributed by atoms with Gasteiger partial charge in [-0.25, -0.2) is 0 Å². The molecule has 6 nitrogen and oxygen atoms in total. The molecule has 1 fully saturated rings. The van der Waals surface area contributed by atoms with E-state index in [4.69, 9.17) is 18.6 Å². The van der Waals surface area contributed by atoms with Crippen molar-refractivity contribution in [2.45, 2.75) is 90.2 Å². The van der Waals surface area contributed by atoms with Crippen molar-refractivity contribution in [3.63, 3.8) is 0 Å². The van der Waals surface area contributed by atoms with Crippen LogP contribution in [-0.4, -0.2) is 57.2 Å². The average molecular weight is 403 g/mol. The third-order valence-corrected chi connectivity index (χ3v) is 10.1. The molecule has 1 saturated heterocycles. The molecule has 2 unspecified atom stereocenters. The summed E-state index contributed by atoms with van der Waals surface area (Å²) in [6, 6.07) is 0. The van der Waals surface area contributed by atoms with E-state index in [2.05, 4.69) is 40.4 Å². The van der Waals surface area contributed by atoms with Crippen LogP contribution in [0.2, 0.25) is 18.1 Å². The molecule has 0 aromatic heterocycles. The molecule has 1 aliphatic rings. The predicted octanol–water partition coefficient (Wildman–Crippen LogP) is 3.64. The number of esters is 1. The van der Waals surface area contributed by atoms with E-state index in [1.165, 1.54) is 6.92 Å². The zero-order valence-corrected chi connectivity index (χ0v) is 19.0. The highest BCUT2D eigenvalue weighted by atomic mass is 28.4. The van der Waals surface area contributed by atoms with Gasteiger partial charge in [0.1, 0.15) is 6.10 Å². The Hall–Kier alpha value is -0.733. The number of carbonyl (C=O) groups is 1. The number of hydrogen-bond donors (Lipinski definition) is 1. The normalized spacial score (nSPS) is 29.4. The van der Waals surface area contributed by atoms with E-state index in [1.54, 1.807) is 0 Å². The first-order chi connectivity index (χ1) is 12.4. The van der Waals surface area contributed by atoms with Crippen molar-refractivity contribution in [2.75, 3.05) is 13.2 Å². The zero-order valence-electron chi connectivity index (χ0n) is 18.0. The number of allylic oxidation sites excluding steroid dienone is 1. The minimum absolute atomic E-state index is 0.0686. The van der Waals surface area contributed by atoms with Gasteiger partial charge >= 0.3 is 5.97 Å². The van der Waals surface area contributed by atoms with Crippen LogP contribution in [0.15, 0.2) is 12.7 Å². The summed E-state index contributed by atoms with van der Waals surface area (Å²) in [4.78, 5) is 11.5. The summed E-state index contributed by atoms with van der Waals surface area (Å²) in [5.74, 6) is -0.738. The average Bonchev–Trinajstić information content (AvgIpc) is 2.55. The number of hydrogen-bond acceptors (Lipinski definition) is 6. The lowest BCUT2D eigenvalue weighted by Crippen LogP contribution is -2.57. The van der Waals surface area contributed by atoms with E-state index < -0.39 is 38.9 Å². The van der Waals surface area contributed by atoms with E-state index in [0.29, 0.717) is 13.2 Å². The number of aliphatic hydroxyl groups is 1. The Morgan fingerprint density at radius 1 is 1.33 bits per heavy atom. The Bertz CT molecular complexity index is 487. The highest BCUT2D eigenvalue weighted by molar-refractivity contribution is 6.74. The van der Waals surface area contributed by atoms with Gasteiger partial charge in [0, 0.05) is 12.8 Å². The smallest absolute Gasteiger partial charge is 0.303 e. The van der Waals surface area contributed by atoms with Crippen LogP contribution in [0.1, 0.15) is 47.5 Å². The minimum atomic E-state index is -1.97. The van der Waals surface area contributed by atoms with Crippen LogP contribution in [0.25, 0.3) is 0 Å². The van der Waals surface area contributed by atoms with Gasteiger partial charge in [-0.3, -0.25) is 4.79 Å². The van der Waals surface area contributed by atoms with Gasteiger partial charge in [-0.05, 0) is 31.0 Å². The van der Waals surface area contributed by atoms with Gasteiger partial charge in [0.05, 0.1) is 19.3 Å². The first-order valence-corrected chi connectivity index (χ1v) is 12.7. The Morgan fingerprint density at radius 2 is 1.96 bits per heavy atom. The number of rotatable bonds is 9. The topological polar surface area (TPSA) is 74.2 Å². The standard InChI is InChI=1S/C20H38O6Si/c1-9-10-11-12-23-19-18(25-15(3)21)14(2)17(22)16(26-19)13-24-27(7,8)20(4,5)6/h9,14,16-19,22H,1,10-13H2,2-8H3/t14-,16?,17-,18?,19+/m0/s1. The molecule has 7 heteroatoms. The lowest BCUT2D eigenvalue weighted by atomic mass is 9.90. The van der Waals surface area contributed by atoms with Crippen LogP contribution < -0.4 is 0 Å². The molecule has 1 rings (SSSR count). The molecule has 0 bridgehead atoms. The van der Waals surface area contributed by atoms with Crippen LogP contribution in [0.5, 0.6) is 0 Å². The van der Waals surface area contributed by atoms with Gasteiger partial charge in [-0.15, -0.1) is 6.58 Å².